The van der Waals surface area contributed by atoms with Crippen LogP contribution >= 0.6 is 12.4 Å². The van der Waals surface area contributed by atoms with Crippen molar-refractivity contribution in [2.24, 2.45) is 0 Å². The molecule has 2 aromatic carbocycles. The Labute approximate surface area is 174 Å². The zero-order valence-electron chi connectivity index (χ0n) is 16.4. The van der Waals surface area contributed by atoms with Crippen LogP contribution in [0.1, 0.15) is 36.0 Å². The highest BCUT2D eigenvalue weighted by atomic mass is 35.5. The molecule has 0 amide bonds. The minimum atomic E-state index is -0.780. The third-order valence-corrected chi connectivity index (χ3v) is 4.25. The molecule has 5 heteroatoms. The molecule has 0 saturated heterocycles. The Kier molecular flexibility index (Phi) is 11.7. The van der Waals surface area contributed by atoms with Crippen molar-refractivity contribution < 1.29 is 14.6 Å². The second-order valence-corrected chi connectivity index (χ2v) is 6.57. The van der Waals surface area contributed by atoms with Crippen LogP contribution in [-0.4, -0.2) is 30.8 Å². The first-order valence-corrected chi connectivity index (χ1v) is 9.51. The molecule has 4 nitrogen and oxygen atoms in total. The third kappa shape index (κ3) is 9.58. The third-order valence-electron chi connectivity index (χ3n) is 4.25. The summed E-state index contributed by atoms with van der Waals surface area (Å²) < 4.78 is 5.92. The molecule has 0 aliphatic carbocycles. The number of nitrogens with one attached hydrogen (secondary N) is 1. The van der Waals surface area contributed by atoms with Gasteiger partial charge in [0.1, 0.15) is 5.75 Å². The van der Waals surface area contributed by atoms with Crippen molar-refractivity contribution >= 4 is 24.5 Å². The van der Waals surface area contributed by atoms with Crippen molar-refractivity contribution in [1.82, 2.24) is 5.32 Å². The monoisotopic (exact) mass is 403 g/mol. The largest absolute Gasteiger partial charge is 0.493 e. The van der Waals surface area contributed by atoms with Crippen LogP contribution in [0.4, 0.5) is 0 Å². The number of carboxylic acid groups (broad SMARTS) is 1. The Morgan fingerprint density at radius 3 is 2.64 bits per heavy atom. The molecule has 0 unspecified atom stereocenters. The van der Waals surface area contributed by atoms with E-state index in [0.29, 0.717) is 13.1 Å². The Bertz CT molecular complexity index is 732. The van der Waals surface area contributed by atoms with Crippen molar-refractivity contribution in [3.63, 3.8) is 0 Å². The normalized spacial score (nSPS) is 10.6. The van der Waals surface area contributed by atoms with E-state index in [0.717, 1.165) is 42.7 Å². The lowest BCUT2D eigenvalue weighted by atomic mass is 10.1. The van der Waals surface area contributed by atoms with Gasteiger partial charge < -0.3 is 15.2 Å². The maximum Gasteiger partial charge on any atom is 0.304 e. The van der Waals surface area contributed by atoms with Crippen molar-refractivity contribution in [3.05, 3.63) is 71.3 Å². The fourth-order valence-electron chi connectivity index (χ4n) is 2.77. The van der Waals surface area contributed by atoms with Gasteiger partial charge in [-0.1, -0.05) is 48.6 Å². The molecule has 0 spiro atoms. The molecular weight excluding hydrogens is 374 g/mol. The van der Waals surface area contributed by atoms with Crippen molar-refractivity contribution in [3.8, 4) is 5.75 Å². The van der Waals surface area contributed by atoms with E-state index in [9.17, 15) is 4.79 Å². The molecule has 0 fully saturated rings. The fourth-order valence-corrected chi connectivity index (χ4v) is 2.77. The standard InChI is InChI=1S/C23H29NO3.ClH/c1-19-18-21(11-7-15-24-16-14-23(25)26)12-13-22(19)27-17-6-5-10-20-8-3-2-4-9-20;/h2-4,7-9,11-13,18,24H,5-6,10,14-17H2,1H3,(H,25,26);1H. The summed E-state index contributed by atoms with van der Waals surface area (Å²) in [7, 11) is 0. The van der Waals surface area contributed by atoms with Crippen LogP contribution in [0.15, 0.2) is 54.6 Å². The van der Waals surface area contributed by atoms with Gasteiger partial charge in [0.15, 0.2) is 0 Å². The van der Waals surface area contributed by atoms with Gasteiger partial charge in [0.25, 0.3) is 0 Å². The van der Waals surface area contributed by atoms with E-state index < -0.39 is 5.97 Å². The first-order valence-electron chi connectivity index (χ1n) is 9.51. The van der Waals surface area contributed by atoms with E-state index in [4.69, 9.17) is 9.84 Å². The predicted octanol–water partition coefficient (Wildman–Crippen LogP) is 4.90. The van der Waals surface area contributed by atoms with Gasteiger partial charge in [0.2, 0.25) is 0 Å². The van der Waals surface area contributed by atoms with Gasteiger partial charge in [-0.05, 0) is 55.0 Å². The number of rotatable bonds is 12. The zero-order valence-corrected chi connectivity index (χ0v) is 17.2. The number of hydrogen-bond acceptors (Lipinski definition) is 3. The molecule has 152 valence electrons. The first-order chi connectivity index (χ1) is 13.1. The maximum atomic E-state index is 10.4. The molecule has 0 atom stereocenters. The van der Waals surface area contributed by atoms with Crippen molar-refractivity contribution in [2.45, 2.75) is 32.6 Å². The Morgan fingerprint density at radius 1 is 1.14 bits per heavy atom. The lowest BCUT2D eigenvalue weighted by molar-refractivity contribution is -0.136. The minimum Gasteiger partial charge on any atom is -0.493 e. The van der Waals surface area contributed by atoms with Crippen LogP contribution in [0, 0.1) is 6.92 Å². The van der Waals surface area contributed by atoms with Gasteiger partial charge in [-0.15, -0.1) is 12.4 Å². The number of hydrogen-bond donors (Lipinski definition) is 2. The summed E-state index contributed by atoms with van der Waals surface area (Å²) in [4.78, 5) is 10.4. The molecule has 28 heavy (non-hydrogen) atoms. The summed E-state index contributed by atoms with van der Waals surface area (Å²) in [5.74, 6) is 0.157. The summed E-state index contributed by atoms with van der Waals surface area (Å²) in [6.45, 7) is 3.93. The average molecular weight is 404 g/mol. The Morgan fingerprint density at radius 2 is 1.93 bits per heavy atom. The quantitative estimate of drug-likeness (QED) is 0.495. The molecule has 2 rings (SSSR count). The van der Waals surface area contributed by atoms with E-state index in [1.165, 1.54) is 5.56 Å². The van der Waals surface area contributed by atoms with Gasteiger partial charge in [-0.3, -0.25) is 4.79 Å². The summed E-state index contributed by atoms with van der Waals surface area (Å²) in [6, 6.07) is 16.7. The van der Waals surface area contributed by atoms with Crippen LogP contribution < -0.4 is 10.1 Å². The topological polar surface area (TPSA) is 58.6 Å². The molecule has 0 radical (unpaired) electrons. The lowest BCUT2D eigenvalue weighted by Gasteiger charge is -2.10. The van der Waals surface area contributed by atoms with Crippen LogP contribution in [0.2, 0.25) is 0 Å². The number of halogens is 1. The molecule has 0 aromatic heterocycles. The van der Waals surface area contributed by atoms with E-state index in [1.54, 1.807) is 0 Å². The van der Waals surface area contributed by atoms with Crippen LogP contribution in [0.3, 0.4) is 0 Å². The van der Waals surface area contributed by atoms with E-state index in [2.05, 4.69) is 42.6 Å². The molecule has 0 saturated carbocycles. The summed E-state index contributed by atoms with van der Waals surface area (Å²) in [5.41, 5.74) is 3.62. The zero-order chi connectivity index (χ0) is 19.3. The van der Waals surface area contributed by atoms with Gasteiger partial charge in [-0.2, -0.15) is 0 Å². The molecule has 0 aliphatic rings. The van der Waals surface area contributed by atoms with Crippen molar-refractivity contribution in [2.75, 3.05) is 19.7 Å². The summed E-state index contributed by atoms with van der Waals surface area (Å²) >= 11 is 0. The molecule has 2 N–H and O–H groups in total. The lowest BCUT2D eigenvalue weighted by Crippen LogP contribution is -2.17. The molecule has 0 bridgehead atoms. The number of carbonyl (C=O) groups is 1. The molecular formula is C23H30ClNO3. The Hall–Kier alpha value is -2.30. The number of benzene rings is 2. The average Bonchev–Trinajstić information content (AvgIpc) is 2.66. The highest BCUT2D eigenvalue weighted by molar-refractivity contribution is 5.85. The van der Waals surface area contributed by atoms with E-state index in [1.807, 2.05) is 30.4 Å². The SMILES string of the molecule is Cc1cc(C=CCNCCC(=O)O)ccc1OCCCCc1ccccc1.Cl. The second-order valence-electron chi connectivity index (χ2n) is 6.57. The van der Waals surface area contributed by atoms with Crippen LogP contribution in [0.25, 0.3) is 6.08 Å². The van der Waals surface area contributed by atoms with Gasteiger partial charge in [0.05, 0.1) is 13.0 Å². The Balaban J connectivity index is 0.00000392. The first kappa shape index (κ1) is 23.7. The number of aliphatic carboxylic acids is 1. The molecule has 2 aromatic rings. The summed E-state index contributed by atoms with van der Waals surface area (Å²) in [6.07, 6.45) is 7.43. The van der Waals surface area contributed by atoms with Crippen LogP contribution in [0.5, 0.6) is 5.75 Å². The predicted molar refractivity (Wildman–Crippen MR) is 117 cm³/mol. The smallest absolute Gasteiger partial charge is 0.304 e. The molecule has 0 aliphatic heterocycles. The van der Waals surface area contributed by atoms with Gasteiger partial charge in [0, 0.05) is 13.1 Å². The molecule has 0 heterocycles. The van der Waals surface area contributed by atoms with Crippen molar-refractivity contribution in [1.29, 1.82) is 0 Å². The maximum absolute atomic E-state index is 10.4. The van der Waals surface area contributed by atoms with Crippen LogP contribution in [-0.2, 0) is 11.2 Å². The fraction of sp³-hybridized carbons (Fsp3) is 0.348. The highest BCUT2D eigenvalue weighted by Crippen LogP contribution is 2.20. The summed E-state index contributed by atoms with van der Waals surface area (Å²) in [5, 5.41) is 11.7. The van der Waals surface area contributed by atoms with Gasteiger partial charge in [-0.25, -0.2) is 0 Å². The second kappa shape index (κ2) is 13.8. The van der Waals surface area contributed by atoms with E-state index in [-0.39, 0.29) is 18.8 Å². The van der Waals surface area contributed by atoms with Gasteiger partial charge >= 0.3 is 5.97 Å². The van der Waals surface area contributed by atoms with E-state index >= 15 is 0 Å². The number of ether oxygens (including phenoxy) is 1. The number of aryl methyl sites for hydroxylation is 2. The highest BCUT2D eigenvalue weighted by Gasteiger charge is 2.01. The number of carboxylic acids is 1. The minimum absolute atomic E-state index is 0. The number of unbranched alkanes of at least 4 members (excludes halogenated alkanes) is 1.